The van der Waals surface area contributed by atoms with Crippen molar-refractivity contribution in [3.05, 3.63) is 40.3 Å². The molecule has 4 rings (SSSR count). The first-order chi connectivity index (χ1) is 11.2. The van der Waals surface area contributed by atoms with E-state index in [9.17, 15) is 0 Å². The molecule has 1 spiro atoms. The van der Waals surface area contributed by atoms with E-state index in [1.54, 1.807) is 0 Å². The monoisotopic (exact) mass is 330 g/mol. The van der Waals surface area contributed by atoms with Crippen LogP contribution in [0.5, 0.6) is 0 Å². The Bertz CT molecular complexity index is 625. The van der Waals surface area contributed by atoms with Gasteiger partial charge in [0.1, 0.15) is 0 Å². The molecule has 2 aromatic heterocycles. The molecular weight excluding hydrogens is 304 g/mol. The lowest BCUT2D eigenvalue weighted by Gasteiger charge is -2.39. The van der Waals surface area contributed by atoms with Crippen LogP contribution in [0.4, 0.5) is 0 Å². The quantitative estimate of drug-likeness (QED) is 0.861. The summed E-state index contributed by atoms with van der Waals surface area (Å²) >= 11 is 1.89. The Morgan fingerprint density at radius 1 is 1.13 bits per heavy atom. The molecule has 2 fully saturated rings. The molecule has 4 nitrogen and oxygen atoms in total. The van der Waals surface area contributed by atoms with E-state index in [0.717, 1.165) is 13.1 Å². The second-order valence-corrected chi connectivity index (χ2v) is 8.37. The molecule has 124 valence electrons. The van der Waals surface area contributed by atoms with Crippen LogP contribution in [0.25, 0.3) is 0 Å². The minimum Gasteiger partial charge on any atom is -0.299 e. The first kappa shape index (κ1) is 15.4. The van der Waals surface area contributed by atoms with Crippen LogP contribution in [0.1, 0.15) is 29.7 Å². The van der Waals surface area contributed by atoms with Gasteiger partial charge in [0.05, 0.1) is 6.20 Å². The number of rotatable bonds is 4. The zero-order valence-electron chi connectivity index (χ0n) is 13.9. The maximum Gasteiger partial charge on any atom is 0.0534 e. The molecule has 0 radical (unpaired) electrons. The second kappa shape index (κ2) is 6.38. The highest BCUT2D eigenvalue weighted by molar-refractivity contribution is 7.09. The Balaban J connectivity index is 1.29. The Kier molecular flexibility index (Phi) is 4.26. The van der Waals surface area contributed by atoms with E-state index in [1.807, 2.05) is 29.3 Å². The van der Waals surface area contributed by atoms with Crippen LogP contribution in [0.3, 0.4) is 0 Å². The number of likely N-dealkylation sites (tertiary alicyclic amines) is 2. The summed E-state index contributed by atoms with van der Waals surface area (Å²) in [5.41, 5.74) is 1.93. The average molecular weight is 331 g/mol. The molecule has 2 saturated heterocycles. The molecule has 0 bridgehead atoms. The number of hydrogen-bond acceptors (Lipinski definition) is 4. The van der Waals surface area contributed by atoms with Gasteiger partial charge in [-0.05, 0) is 55.8 Å². The van der Waals surface area contributed by atoms with Crippen LogP contribution >= 0.6 is 11.3 Å². The number of aromatic nitrogens is 2. The van der Waals surface area contributed by atoms with Crippen molar-refractivity contribution in [2.45, 2.75) is 32.4 Å². The van der Waals surface area contributed by atoms with Gasteiger partial charge in [0.15, 0.2) is 0 Å². The number of nitrogens with zero attached hydrogens (tertiary/aromatic N) is 4. The Labute approximate surface area is 142 Å². The fourth-order valence-electron chi connectivity index (χ4n) is 4.19. The van der Waals surface area contributed by atoms with Crippen molar-refractivity contribution in [1.82, 2.24) is 19.6 Å². The molecule has 23 heavy (non-hydrogen) atoms. The van der Waals surface area contributed by atoms with E-state index in [0.29, 0.717) is 5.41 Å². The standard InChI is InChI=1S/C18H26N4S/c1-20-12-16(11-19-20)13-21-7-4-18(5-8-21)6-9-22(15-18)14-17-3-2-10-23-17/h2-3,10-12H,4-9,13-15H2,1H3. The van der Waals surface area contributed by atoms with Gasteiger partial charge in [0, 0.05) is 43.3 Å². The lowest BCUT2D eigenvalue weighted by molar-refractivity contribution is 0.102. The van der Waals surface area contributed by atoms with Gasteiger partial charge in [-0.2, -0.15) is 5.10 Å². The van der Waals surface area contributed by atoms with Crippen LogP contribution in [0.2, 0.25) is 0 Å². The fraction of sp³-hybridized carbons (Fsp3) is 0.611. The van der Waals surface area contributed by atoms with Gasteiger partial charge in [-0.3, -0.25) is 14.5 Å². The largest absolute Gasteiger partial charge is 0.299 e. The highest BCUT2D eigenvalue weighted by atomic mass is 32.1. The van der Waals surface area contributed by atoms with Crippen LogP contribution in [0, 0.1) is 5.41 Å². The zero-order chi connectivity index (χ0) is 15.7. The maximum absolute atomic E-state index is 4.28. The molecular formula is C18H26N4S. The van der Waals surface area contributed by atoms with E-state index in [2.05, 4.69) is 38.6 Å². The predicted molar refractivity (Wildman–Crippen MR) is 94.4 cm³/mol. The van der Waals surface area contributed by atoms with E-state index in [1.165, 1.54) is 55.9 Å². The summed E-state index contributed by atoms with van der Waals surface area (Å²) in [4.78, 5) is 6.78. The third kappa shape index (κ3) is 3.52. The van der Waals surface area contributed by atoms with Crippen LogP contribution in [-0.2, 0) is 20.1 Å². The number of aryl methyl sites for hydroxylation is 1. The molecule has 2 aliphatic rings. The number of hydrogen-bond donors (Lipinski definition) is 0. The predicted octanol–water partition coefficient (Wildman–Crippen LogP) is 2.97. The van der Waals surface area contributed by atoms with Crippen molar-refractivity contribution < 1.29 is 0 Å². The second-order valence-electron chi connectivity index (χ2n) is 7.34. The number of piperidine rings is 1. The van der Waals surface area contributed by atoms with E-state index < -0.39 is 0 Å². The normalized spacial score (nSPS) is 22.1. The highest BCUT2D eigenvalue weighted by Crippen LogP contribution is 2.41. The summed E-state index contributed by atoms with van der Waals surface area (Å²) in [6, 6.07) is 4.44. The summed E-state index contributed by atoms with van der Waals surface area (Å²) < 4.78 is 1.90. The smallest absolute Gasteiger partial charge is 0.0534 e. The summed E-state index contributed by atoms with van der Waals surface area (Å²) in [5.74, 6) is 0. The van der Waals surface area contributed by atoms with Crippen molar-refractivity contribution in [3.8, 4) is 0 Å². The average Bonchev–Trinajstić information content (AvgIpc) is 3.26. The molecule has 5 heteroatoms. The van der Waals surface area contributed by atoms with E-state index in [4.69, 9.17) is 0 Å². The summed E-state index contributed by atoms with van der Waals surface area (Å²) in [6.07, 6.45) is 8.24. The molecule has 0 atom stereocenters. The number of thiophene rings is 1. The Morgan fingerprint density at radius 2 is 1.91 bits per heavy atom. The van der Waals surface area contributed by atoms with Crippen LogP contribution in [-0.4, -0.2) is 45.8 Å². The van der Waals surface area contributed by atoms with Gasteiger partial charge in [-0.25, -0.2) is 0 Å². The zero-order valence-corrected chi connectivity index (χ0v) is 14.8. The maximum atomic E-state index is 4.28. The lowest BCUT2D eigenvalue weighted by Crippen LogP contribution is -2.41. The minimum absolute atomic E-state index is 0.586. The van der Waals surface area contributed by atoms with Gasteiger partial charge in [0.25, 0.3) is 0 Å². The Hall–Kier alpha value is -1.17. The van der Waals surface area contributed by atoms with Crippen molar-refractivity contribution >= 4 is 11.3 Å². The van der Waals surface area contributed by atoms with Crippen molar-refractivity contribution in [3.63, 3.8) is 0 Å². The van der Waals surface area contributed by atoms with E-state index in [-0.39, 0.29) is 0 Å². The summed E-state index contributed by atoms with van der Waals surface area (Å²) in [5, 5.41) is 6.48. The molecule has 4 heterocycles. The third-order valence-corrected chi connectivity index (χ3v) is 6.42. The SMILES string of the molecule is Cn1cc(CN2CCC3(CC2)CCN(Cc2cccs2)C3)cn1. The molecule has 0 amide bonds. The van der Waals surface area contributed by atoms with Gasteiger partial charge in [-0.15, -0.1) is 11.3 Å². The van der Waals surface area contributed by atoms with Gasteiger partial charge >= 0.3 is 0 Å². The first-order valence-electron chi connectivity index (χ1n) is 8.65. The van der Waals surface area contributed by atoms with Crippen LogP contribution in [0.15, 0.2) is 29.9 Å². The molecule has 0 aliphatic carbocycles. The molecule has 2 aliphatic heterocycles. The molecule has 0 unspecified atom stereocenters. The van der Waals surface area contributed by atoms with Crippen molar-refractivity contribution in [2.75, 3.05) is 26.2 Å². The van der Waals surface area contributed by atoms with Crippen molar-refractivity contribution in [1.29, 1.82) is 0 Å². The highest BCUT2D eigenvalue weighted by Gasteiger charge is 2.40. The van der Waals surface area contributed by atoms with E-state index >= 15 is 0 Å². The lowest BCUT2D eigenvalue weighted by atomic mass is 9.78. The third-order valence-electron chi connectivity index (χ3n) is 5.56. The summed E-state index contributed by atoms with van der Waals surface area (Å²) in [7, 11) is 2.00. The van der Waals surface area contributed by atoms with Crippen LogP contribution < -0.4 is 0 Å². The summed E-state index contributed by atoms with van der Waals surface area (Å²) in [6.45, 7) is 7.26. The molecule has 0 saturated carbocycles. The van der Waals surface area contributed by atoms with Gasteiger partial charge in [0.2, 0.25) is 0 Å². The minimum atomic E-state index is 0.586. The molecule has 0 N–H and O–H groups in total. The van der Waals surface area contributed by atoms with Gasteiger partial charge in [-0.1, -0.05) is 6.07 Å². The first-order valence-corrected chi connectivity index (χ1v) is 9.53. The molecule has 2 aromatic rings. The van der Waals surface area contributed by atoms with Gasteiger partial charge < -0.3 is 0 Å². The molecule has 0 aromatic carbocycles. The van der Waals surface area contributed by atoms with Crippen molar-refractivity contribution in [2.24, 2.45) is 12.5 Å². The topological polar surface area (TPSA) is 24.3 Å². The fourth-order valence-corrected chi connectivity index (χ4v) is 4.94. The Morgan fingerprint density at radius 3 is 2.57 bits per heavy atom.